The Hall–Kier alpha value is -3.75. The van der Waals surface area contributed by atoms with Gasteiger partial charge in [0.15, 0.2) is 0 Å². The van der Waals surface area contributed by atoms with E-state index >= 15 is 0 Å². The zero-order chi connectivity index (χ0) is 24.4. The van der Waals surface area contributed by atoms with E-state index in [0.29, 0.717) is 5.02 Å². The first kappa shape index (κ1) is 22.1. The number of fused-ring (bicyclic) bond motifs is 5. The molecule has 9 heteroatoms. The quantitative estimate of drug-likeness (QED) is 0.423. The van der Waals surface area contributed by atoms with Crippen LogP contribution in [0, 0.1) is 10.1 Å². The van der Waals surface area contributed by atoms with Crippen LogP contribution in [0.1, 0.15) is 57.2 Å². The van der Waals surface area contributed by atoms with Crippen molar-refractivity contribution in [3.63, 3.8) is 0 Å². The fourth-order valence-corrected chi connectivity index (χ4v) is 4.92. The molecule has 1 heterocycles. The van der Waals surface area contributed by atoms with E-state index in [0.717, 1.165) is 5.56 Å². The van der Waals surface area contributed by atoms with E-state index in [1.165, 1.54) is 30.3 Å². The number of amides is 1. The van der Waals surface area contributed by atoms with Crippen molar-refractivity contribution in [2.24, 2.45) is 0 Å². The van der Waals surface area contributed by atoms with Crippen molar-refractivity contribution >= 4 is 29.0 Å². The van der Waals surface area contributed by atoms with Crippen molar-refractivity contribution < 1.29 is 24.4 Å². The van der Waals surface area contributed by atoms with Gasteiger partial charge in [0, 0.05) is 27.8 Å². The molecule has 0 aromatic heterocycles. The largest absolute Gasteiger partial charge is 0.454 e. The third-order valence-corrected chi connectivity index (χ3v) is 6.64. The fraction of sp³-hybridized carbons (Fsp3) is 0.200. The normalized spacial score (nSPS) is 22.1. The van der Waals surface area contributed by atoms with Crippen LogP contribution in [0.15, 0.2) is 60.7 Å². The van der Waals surface area contributed by atoms with Crippen molar-refractivity contribution in [1.82, 2.24) is 5.32 Å². The van der Waals surface area contributed by atoms with Crippen LogP contribution < -0.4 is 10.1 Å². The maximum Gasteiger partial charge on any atom is 0.280 e. The van der Waals surface area contributed by atoms with Crippen molar-refractivity contribution in [2.75, 3.05) is 0 Å². The highest BCUT2D eigenvalue weighted by Gasteiger charge is 2.73. The number of aliphatic hydroxyl groups is 1. The summed E-state index contributed by atoms with van der Waals surface area (Å²) in [6.45, 7) is 3.96. The van der Waals surface area contributed by atoms with E-state index in [1.807, 2.05) is 13.8 Å². The van der Waals surface area contributed by atoms with Gasteiger partial charge in [-0.15, -0.1) is 0 Å². The van der Waals surface area contributed by atoms with E-state index in [4.69, 9.17) is 16.3 Å². The van der Waals surface area contributed by atoms with Gasteiger partial charge >= 0.3 is 0 Å². The summed E-state index contributed by atoms with van der Waals surface area (Å²) in [6.07, 6.45) is 0. The zero-order valence-electron chi connectivity index (χ0n) is 18.2. The molecule has 1 aliphatic carbocycles. The van der Waals surface area contributed by atoms with Gasteiger partial charge in [-0.2, -0.15) is 0 Å². The lowest BCUT2D eigenvalue weighted by atomic mass is 9.82. The van der Waals surface area contributed by atoms with Crippen molar-refractivity contribution in [1.29, 1.82) is 0 Å². The molecule has 0 radical (unpaired) electrons. The number of hydrogen-bond acceptors (Lipinski definition) is 6. The molecule has 1 aliphatic heterocycles. The number of halogens is 1. The van der Waals surface area contributed by atoms with Gasteiger partial charge in [-0.1, -0.05) is 55.8 Å². The fourth-order valence-electron chi connectivity index (χ4n) is 4.73. The van der Waals surface area contributed by atoms with Crippen LogP contribution in [0.2, 0.25) is 5.02 Å². The molecule has 5 rings (SSSR count). The molecule has 0 saturated heterocycles. The lowest BCUT2D eigenvalue weighted by Crippen LogP contribution is -2.60. The van der Waals surface area contributed by atoms with Gasteiger partial charge in [-0.05, 0) is 35.7 Å². The average Bonchev–Trinajstić information content (AvgIpc) is 3.15. The number of rotatable bonds is 4. The van der Waals surface area contributed by atoms with Gasteiger partial charge in [0.2, 0.25) is 11.3 Å². The van der Waals surface area contributed by atoms with E-state index in [1.54, 1.807) is 30.3 Å². The molecule has 0 spiro atoms. The molecule has 3 aromatic carbocycles. The molecule has 8 nitrogen and oxygen atoms in total. The van der Waals surface area contributed by atoms with Crippen LogP contribution in [0.4, 0.5) is 5.69 Å². The average molecular weight is 479 g/mol. The Labute approximate surface area is 199 Å². The maximum absolute atomic E-state index is 14.0. The summed E-state index contributed by atoms with van der Waals surface area (Å²) >= 11 is 6.03. The number of ether oxygens (including phenoxy) is 1. The number of ketones is 1. The molecule has 0 fully saturated rings. The highest BCUT2D eigenvalue weighted by Crippen LogP contribution is 2.59. The summed E-state index contributed by atoms with van der Waals surface area (Å²) in [4.78, 5) is 38.3. The third-order valence-electron chi connectivity index (χ3n) is 6.40. The molecule has 0 saturated carbocycles. The van der Waals surface area contributed by atoms with Gasteiger partial charge < -0.3 is 15.2 Å². The van der Waals surface area contributed by atoms with Gasteiger partial charge in [0.1, 0.15) is 11.3 Å². The molecule has 3 aromatic rings. The number of nitrogens with zero attached hydrogens (tertiary/aromatic N) is 1. The Balaban J connectivity index is 1.76. The summed E-state index contributed by atoms with van der Waals surface area (Å²) in [5.74, 6) is -3.58. The molecule has 2 aliphatic rings. The summed E-state index contributed by atoms with van der Waals surface area (Å²) in [6, 6.07) is 15.1. The van der Waals surface area contributed by atoms with Gasteiger partial charge in [-0.25, -0.2) is 0 Å². The Morgan fingerprint density at radius 3 is 2.53 bits per heavy atom. The van der Waals surface area contributed by atoms with Crippen LogP contribution in [0.25, 0.3) is 0 Å². The van der Waals surface area contributed by atoms with E-state index in [9.17, 15) is 24.8 Å². The second-order valence-corrected chi connectivity index (χ2v) is 9.09. The molecule has 1 amide bonds. The number of carbonyl (C=O) groups is 2. The number of nitro groups is 1. The number of nitrogens with one attached hydrogen (secondary N) is 1. The smallest absolute Gasteiger partial charge is 0.280 e. The van der Waals surface area contributed by atoms with Gasteiger partial charge in [0.25, 0.3) is 17.4 Å². The monoisotopic (exact) mass is 478 g/mol. The van der Waals surface area contributed by atoms with E-state index in [2.05, 4.69) is 5.32 Å². The zero-order valence-corrected chi connectivity index (χ0v) is 18.9. The predicted octanol–water partition coefficient (Wildman–Crippen LogP) is 4.43. The number of carbonyl (C=O) groups excluding carboxylic acids is 2. The minimum absolute atomic E-state index is 0.0830. The van der Waals surface area contributed by atoms with Crippen molar-refractivity contribution in [3.8, 4) is 5.75 Å². The van der Waals surface area contributed by atoms with Crippen molar-refractivity contribution in [3.05, 3.63) is 104 Å². The molecule has 34 heavy (non-hydrogen) atoms. The first-order valence-corrected chi connectivity index (χ1v) is 10.9. The second kappa shape index (κ2) is 7.38. The minimum Gasteiger partial charge on any atom is -0.454 e. The lowest BCUT2D eigenvalue weighted by Gasteiger charge is -2.34. The van der Waals surface area contributed by atoms with Crippen LogP contribution in [-0.2, 0) is 11.3 Å². The molecule has 2 unspecified atom stereocenters. The van der Waals surface area contributed by atoms with Crippen LogP contribution in [0.3, 0.4) is 0 Å². The molecule has 2 atom stereocenters. The van der Waals surface area contributed by atoms with Crippen LogP contribution in [-0.4, -0.2) is 21.7 Å². The van der Waals surface area contributed by atoms with E-state index < -0.39 is 33.6 Å². The Bertz CT molecular complexity index is 1400. The molecule has 172 valence electrons. The Morgan fingerprint density at radius 1 is 1.12 bits per heavy atom. The number of Topliss-reactive ketones (excluding diaryl/α,β-unsaturated/α-hetero) is 1. The molecular weight excluding hydrogens is 460 g/mol. The van der Waals surface area contributed by atoms with Gasteiger partial charge in [-0.3, -0.25) is 19.7 Å². The molecule has 0 bridgehead atoms. The lowest BCUT2D eigenvalue weighted by molar-refractivity contribution is -0.385. The first-order chi connectivity index (χ1) is 16.1. The third kappa shape index (κ3) is 2.82. The molecule has 2 N–H and O–H groups in total. The first-order valence-electron chi connectivity index (χ1n) is 10.6. The topological polar surface area (TPSA) is 119 Å². The summed E-state index contributed by atoms with van der Waals surface area (Å²) < 4.78 is 5.98. The summed E-state index contributed by atoms with van der Waals surface area (Å²) in [7, 11) is 0. The minimum atomic E-state index is -2.39. The van der Waals surface area contributed by atoms with Crippen LogP contribution >= 0.6 is 11.6 Å². The summed E-state index contributed by atoms with van der Waals surface area (Å²) in [5, 5.41) is 26.6. The van der Waals surface area contributed by atoms with Gasteiger partial charge in [0.05, 0.1) is 4.92 Å². The SMILES string of the molecule is CC(C)c1ccc2c(c1)OC1(O)c3cccc([N+](=O)[O-])c3C(=O)C21NC(=O)c1cccc(Cl)c1. The number of benzene rings is 3. The Morgan fingerprint density at radius 2 is 1.85 bits per heavy atom. The highest BCUT2D eigenvalue weighted by atomic mass is 35.5. The maximum atomic E-state index is 14.0. The number of nitro benzene ring substituents is 1. The standard InChI is InChI=1S/C25H19ClN2O6/c1-13(2)14-9-10-17-20(12-14)34-25(31)18-7-4-8-19(28(32)33)21(18)22(29)24(17,25)27-23(30)15-5-3-6-16(26)11-15/h3-13,31H,1-2H3,(H,27,30). The Kier molecular flexibility index (Phi) is 4.79. The van der Waals surface area contributed by atoms with Crippen molar-refractivity contribution in [2.45, 2.75) is 31.1 Å². The highest BCUT2D eigenvalue weighted by molar-refractivity contribution is 6.31. The van der Waals surface area contributed by atoms with Crippen LogP contribution in [0.5, 0.6) is 5.75 Å². The summed E-state index contributed by atoms with van der Waals surface area (Å²) in [5.41, 5.74) is -1.75. The second-order valence-electron chi connectivity index (χ2n) is 8.66. The predicted molar refractivity (Wildman–Crippen MR) is 123 cm³/mol. The van der Waals surface area contributed by atoms with E-state index in [-0.39, 0.29) is 33.9 Å². The number of hydrogen-bond donors (Lipinski definition) is 2. The molecular formula is C25H19ClN2O6.